The van der Waals surface area contributed by atoms with Gasteiger partial charge in [0.2, 0.25) is 5.75 Å². The van der Waals surface area contributed by atoms with Crippen LogP contribution in [-0.2, 0) is 9.47 Å². The van der Waals surface area contributed by atoms with Gasteiger partial charge in [-0.15, -0.1) is 0 Å². The van der Waals surface area contributed by atoms with Crippen molar-refractivity contribution in [1.29, 1.82) is 0 Å². The van der Waals surface area contributed by atoms with Crippen LogP contribution in [0, 0.1) is 0 Å². The van der Waals surface area contributed by atoms with Crippen molar-refractivity contribution in [3.63, 3.8) is 0 Å². The molecule has 0 aromatic heterocycles. The summed E-state index contributed by atoms with van der Waals surface area (Å²) in [4.78, 5) is 0. The van der Waals surface area contributed by atoms with E-state index < -0.39 is 0 Å². The number of hydrogen-bond acceptors (Lipinski definition) is 6. The highest BCUT2D eigenvalue weighted by Gasteiger charge is 2.26. The third-order valence-corrected chi connectivity index (χ3v) is 3.09. The first-order chi connectivity index (χ1) is 9.80. The molecule has 2 atom stereocenters. The number of rotatable bonds is 8. The average Bonchev–Trinajstić information content (AvgIpc) is 3.36. The Bertz CT molecular complexity index is 442. The number of methoxy groups -OCH3 is 2. The summed E-state index contributed by atoms with van der Waals surface area (Å²) in [6.07, 6.45) is 0.377. The molecule has 0 bridgehead atoms. The van der Waals surface area contributed by atoms with Gasteiger partial charge in [0, 0.05) is 12.1 Å². The Morgan fingerprint density at radius 3 is 1.90 bits per heavy atom. The van der Waals surface area contributed by atoms with E-state index in [1.807, 2.05) is 0 Å². The van der Waals surface area contributed by atoms with Gasteiger partial charge >= 0.3 is 0 Å². The number of ether oxygens (including phenoxy) is 6. The fraction of sp³-hybridized carbons (Fsp3) is 0.571. The molecule has 0 saturated carbocycles. The fourth-order valence-electron chi connectivity index (χ4n) is 1.78. The van der Waals surface area contributed by atoms with Crippen molar-refractivity contribution in [1.82, 2.24) is 0 Å². The van der Waals surface area contributed by atoms with Gasteiger partial charge in [-0.25, -0.2) is 0 Å². The zero-order valence-corrected chi connectivity index (χ0v) is 11.6. The lowest BCUT2D eigenvalue weighted by molar-refractivity contribution is 0.236. The molecule has 1 aromatic rings. The smallest absolute Gasteiger partial charge is 0.203 e. The molecular weight excluding hydrogens is 264 g/mol. The molecule has 2 fully saturated rings. The maximum absolute atomic E-state index is 5.71. The van der Waals surface area contributed by atoms with E-state index in [-0.39, 0.29) is 12.2 Å². The van der Waals surface area contributed by atoms with E-state index in [1.54, 1.807) is 26.4 Å². The van der Waals surface area contributed by atoms with Crippen molar-refractivity contribution in [2.75, 3.05) is 40.6 Å². The first-order valence-corrected chi connectivity index (χ1v) is 6.55. The highest BCUT2D eigenvalue weighted by atomic mass is 16.6. The predicted molar refractivity (Wildman–Crippen MR) is 70.0 cm³/mol. The van der Waals surface area contributed by atoms with Crippen molar-refractivity contribution in [3.05, 3.63) is 12.1 Å². The van der Waals surface area contributed by atoms with Crippen molar-refractivity contribution in [2.24, 2.45) is 0 Å². The Morgan fingerprint density at radius 2 is 1.45 bits per heavy atom. The topological polar surface area (TPSA) is 62.0 Å². The molecule has 0 amide bonds. The monoisotopic (exact) mass is 282 g/mol. The van der Waals surface area contributed by atoms with Gasteiger partial charge in [0.1, 0.15) is 31.2 Å². The van der Waals surface area contributed by atoms with Crippen LogP contribution < -0.4 is 18.9 Å². The van der Waals surface area contributed by atoms with Gasteiger partial charge in [-0.3, -0.25) is 0 Å². The summed E-state index contributed by atoms with van der Waals surface area (Å²) < 4.78 is 32.3. The zero-order chi connectivity index (χ0) is 13.9. The minimum atomic E-state index is 0.173. The van der Waals surface area contributed by atoms with E-state index in [1.165, 1.54) is 0 Å². The van der Waals surface area contributed by atoms with Gasteiger partial charge in [0.05, 0.1) is 27.4 Å². The van der Waals surface area contributed by atoms with Crippen molar-refractivity contribution in [3.8, 4) is 23.0 Å². The van der Waals surface area contributed by atoms with Crippen molar-refractivity contribution >= 4 is 0 Å². The van der Waals surface area contributed by atoms with E-state index in [9.17, 15) is 0 Å². The average molecular weight is 282 g/mol. The van der Waals surface area contributed by atoms with Crippen LogP contribution in [0.25, 0.3) is 0 Å². The van der Waals surface area contributed by atoms with Crippen LogP contribution >= 0.6 is 0 Å². The first kappa shape index (κ1) is 13.3. The lowest BCUT2D eigenvalue weighted by Gasteiger charge is -2.15. The Kier molecular flexibility index (Phi) is 3.84. The van der Waals surface area contributed by atoms with Crippen LogP contribution in [0.3, 0.4) is 0 Å². The van der Waals surface area contributed by atoms with Gasteiger partial charge in [0.25, 0.3) is 0 Å². The molecule has 6 nitrogen and oxygen atoms in total. The molecule has 6 heteroatoms. The maximum atomic E-state index is 5.71. The van der Waals surface area contributed by atoms with Crippen LogP contribution in [0.5, 0.6) is 23.0 Å². The standard InChI is InChI=1S/C14H18O6/c1-15-12-3-9(17-5-10-6-18-10)4-13(16-2)14(12)20-8-11-7-19-11/h3-4,10-11H,5-8H2,1-2H3. The molecular formula is C14H18O6. The molecule has 0 aliphatic carbocycles. The Balaban J connectivity index is 1.74. The second-order valence-electron chi connectivity index (χ2n) is 4.69. The van der Waals surface area contributed by atoms with E-state index in [2.05, 4.69) is 0 Å². The van der Waals surface area contributed by atoms with Crippen LogP contribution in [0.2, 0.25) is 0 Å². The number of epoxide rings is 2. The van der Waals surface area contributed by atoms with Crippen molar-refractivity contribution in [2.45, 2.75) is 12.2 Å². The highest BCUT2D eigenvalue weighted by molar-refractivity contribution is 5.56. The Labute approximate surface area is 117 Å². The molecule has 0 spiro atoms. The quantitative estimate of drug-likeness (QED) is 0.669. The van der Waals surface area contributed by atoms with Crippen LogP contribution in [0.1, 0.15) is 0 Å². The number of benzene rings is 1. The van der Waals surface area contributed by atoms with E-state index in [4.69, 9.17) is 28.4 Å². The lowest BCUT2D eigenvalue weighted by Crippen LogP contribution is -2.08. The van der Waals surface area contributed by atoms with Crippen LogP contribution in [-0.4, -0.2) is 52.9 Å². The van der Waals surface area contributed by atoms with E-state index >= 15 is 0 Å². The van der Waals surface area contributed by atoms with E-state index in [0.29, 0.717) is 36.2 Å². The molecule has 110 valence electrons. The lowest BCUT2D eigenvalue weighted by atomic mass is 10.2. The largest absolute Gasteiger partial charge is 0.493 e. The molecule has 1 aromatic carbocycles. The molecule has 3 rings (SSSR count). The summed E-state index contributed by atoms with van der Waals surface area (Å²) in [6.45, 7) is 2.52. The maximum Gasteiger partial charge on any atom is 0.203 e. The molecule has 0 N–H and O–H groups in total. The number of hydrogen-bond donors (Lipinski definition) is 0. The van der Waals surface area contributed by atoms with Crippen LogP contribution in [0.15, 0.2) is 12.1 Å². The molecule has 2 unspecified atom stereocenters. The summed E-state index contributed by atoms with van der Waals surface area (Å²) >= 11 is 0. The molecule has 20 heavy (non-hydrogen) atoms. The van der Waals surface area contributed by atoms with Gasteiger partial charge in [-0.05, 0) is 0 Å². The molecule has 2 aliphatic rings. The highest BCUT2D eigenvalue weighted by Crippen LogP contribution is 2.41. The third-order valence-electron chi connectivity index (χ3n) is 3.09. The first-order valence-electron chi connectivity index (χ1n) is 6.55. The minimum Gasteiger partial charge on any atom is -0.493 e. The third kappa shape index (κ3) is 3.26. The summed E-state index contributed by atoms with van der Waals surface area (Å²) in [5.41, 5.74) is 0. The summed E-state index contributed by atoms with van der Waals surface area (Å²) in [5.74, 6) is 2.40. The molecule has 2 saturated heterocycles. The van der Waals surface area contributed by atoms with E-state index in [0.717, 1.165) is 13.2 Å². The van der Waals surface area contributed by atoms with Gasteiger partial charge in [-0.1, -0.05) is 0 Å². The van der Waals surface area contributed by atoms with Gasteiger partial charge < -0.3 is 28.4 Å². The SMILES string of the molecule is COc1cc(OCC2CO2)cc(OC)c1OCC1CO1. The van der Waals surface area contributed by atoms with Gasteiger partial charge in [0.15, 0.2) is 11.5 Å². The molecule has 2 heterocycles. The summed E-state index contributed by atoms with van der Waals surface area (Å²) in [5, 5.41) is 0. The van der Waals surface area contributed by atoms with Gasteiger partial charge in [-0.2, -0.15) is 0 Å². The fourth-order valence-corrected chi connectivity index (χ4v) is 1.78. The molecule has 0 radical (unpaired) electrons. The predicted octanol–water partition coefficient (Wildman–Crippen LogP) is 1.26. The molecule has 2 aliphatic heterocycles. The Morgan fingerprint density at radius 1 is 0.950 bits per heavy atom. The zero-order valence-electron chi connectivity index (χ0n) is 11.6. The van der Waals surface area contributed by atoms with Crippen LogP contribution in [0.4, 0.5) is 0 Å². The summed E-state index contributed by atoms with van der Waals surface area (Å²) in [6, 6.07) is 3.57. The normalized spacial score (nSPS) is 23.1. The summed E-state index contributed by atoms with van der Waals surface area (Å²) in [7, 11) is 3.17. The Hall–Kier alpha value is -1.66. The second kappa shape index (κ2) is 5.76. The minimum absolute atomic E-state index is 0.173. The second-order valence-corrected chi connectivity index (χ2v) is 4.69. The van der Waals surface area contributed by atoms with Crippen molar-refractivity contribution < 1.29 is 28.4 Å².